The summed E-state index contributed by atoms with van der Waals surface area (Å²) in [5, 5.41) is 0.781. The number of halogens is 2. The van der Waals surface area contributed by atoms with Gasteiger partial charge in [0.25, 0.3) is 0 Å². The number of aryl methyl sites for hydroxylation is 2. The molecule has 0 spiro atoms. The van der Waals surface area contributed by atoms with Crippen LogP contribution in [0.15, 0.2) is 33.7 Å². The van der Waals surface area contributed by atoms with E-state index in [1.807, 2.05) is 37.4 Å². The fourth-order valence-corrected chi connectivity index (χ4v) is 3.60. The van der Waals surface area contributed by atoms with Crippen molar-refractivity contribution in [2.75, 3.05) is 0 Å². The molecule has 0 saturated carbocycles. The Morgan fingerprint density at radius 3 is 2.74 bits per heavy atom. The third-order valence-corrected chi connectivity index (χ3v) is 5.42. The largest absolute Gasteiger partial charge is 0.472 e. The van der Waals surface area contributed by atoms with Crippen LogP contribution >= 0.6 is 27.5 Å². The smallest absolute Gasteiger partial charge is 0.228 e. The molecule has 0 aliphatic heterocycles. The van der Waals surface area contributed by atoms with Gasteiger partial charge in [0.1, 0.15) is 6.61 Å². The van der Waals surface area contributed by atoms with Crippen molar-refractivity contribution in [3.63, 3.8) is 0 Å². The summed E-state index contributed by atoms with van der Waals surface area (Å²) in [6.45, 7) is 8.94. The first-order chi connectivity index (χ1) is 12.9. The Labute approximate surface area is 176 Å². The second-order valence-electron chi connectivity index (χ2n) is 6.89. The maximum absolute atomic E-state index is 6.28. The molecule has 0 amide bonds. The van der Waals surface area contributed by atoms with Gasteiger partial charge >= 0.3 is 0 Å². The second-order valence-corrected chi connectivity index (χ2v) is 8.15. The average molecular weight is 452 g/mol. The van der Waals surface area contributed by atoms with Gasteiger partial charge in [0.2, 0.25) is 5.88 Å². The number of hydrogen-bond donors (Lipinski definition) is 0. The van der Waals surface area contributed by atoms with Crippen molar-refractivity contribution in [2.45, 2.75) is 60.0 Å². The van der Waals surface area contributed by atoms with E-state index in [4.69, 9.17) is 16.3 Å². The van der Waals surface area contributed by atoms with E-state index in [9.17, 15) is 0 Å². The van der Waals surface area contributed by atoms with Crippen LogP contribution in [0.2, 0.25) is 5.02 Å². The summed E-state index contributed by atoms with van der Waals surface area (Å²) in [5.74, 6) is 1.23. The van der Waals surface area contributed by atoms with E-state index in [2.05, 4.69) is 46.7 Å². The molecule has 0 aliphatic rings. The van der Waals surface area contributed by atoms with Gasteiger partial charge in [-0.2, -0.15) is 0 Å². The molecule has 27 heavy (non-hydrogen) atoms. The number of pyridine rings is 1. The van der Waals surface area contributed by atoms with Crippen molar-refractivity contribution < 1.29 is 4.74 Å². The molecule has 0 saturated heterocycles. The highest BCUT2D eigenvalue weighted by molar-refractivity contribution is 9.10. The number of ether oxygens (including phenoxy) is 1. The summed E-state index contributed by atoms with van der Waals surface area (Å²) < 4.78 is 6.70. The number of rotatable bonds is 9. The van der Waals surface area contributed by atoms with Gasteiger partial charge in [-0.1, -0.05) is 57.3 Å². The van der Waals surface area contributed by atoms with Gasteiger partial charge in [-0.3, -0.25) is 4.99 Å². The molecule has 1 aromatic heterocycles. The Morgan fingerprint density at radius 1 is 1.30 bits per heavy atom. The number of nitrogens with zero attached hydrogens (tertiary/aromatic N) is 2. The highest BCUT2D eigenvalue weighted by Crippen LogP contribution is 2.30. The molecule has 0 fully saturated rings. The van der Waals surface area contributed by atoms with E-state index in [0.29, 0.717) is 18.4 Å². The van der Waals surface area contributed by atoms with Crippen LogP contribution in [0.1, 0.15) is 56.9 Å². The van der Waals surface area contributed by atoms with Gasteiger partial charge in [0.05, 0.1) is 15.9 Å². The van der Waals surface area contributed by atoms with Crippen LogP contribution in [0.25, 0.3) is 0 Å². The average Bonchev–Trinajstić information content (AvgIpc) is 2.63. The quantitative estimate of drug-likeness (QED) is 0.370. The fraction of sp³-hybridized carbons (Fsp3) is 0.455. The normalized spacial score (nSPS) is 12.5. The van der Waals surface area contributed by atoms with Crippen LogP contribution in [0.5, 0.6) is 5.88 Å². The number of aliphatic imine (C=N–C) groups is 1. The van der Waals surface area contributed by atoms with Gasteiger partial charge in [-0.15, -0.1) is 0 Å². The zero-order valence-corrected chi connectivity index (χ0v) is 18.9. The fourth-order valence-electron chi connectivity index (χ4n) is 2.84. The molecular weight excluding hydrogens is 424 g/mol. The molecule has 1 aromatic carbocycles. The number of aromatic nitrogens is 1. The Morgan fingerprint density at radius 2 is 2.07 bits per heavy atom. The molecule has 0 bridgehead atoms. The highest BCUT2D eigenvalue weighted by Gasteiger charge is 2.09. The summed E-state index contributed by atoms with van der Waals surface area (Å²) in [5.41, 5.74) is 3.89. The lowest BCUT2D eigenvalue weighted by molar-refractivity contribution is 0.291. The van der Waals surface area contributed by atoms with Crippen LogP contribution in [0.4, 0.5) is 5.69 Å². The van der Waals surface area contributed by atoms with E-state index < -0.39 is 0 Å². The Kier molecular flexibility index (Phi) is 8.78. The van der Waals surface area contributed by atoms with Gasteiger partial charge in [0.15, 0.2) is 0 Å². The lowest BCUT2D eigenvalue weighted by Crippen LogP contribution is -2.00. The Balaban J connectivity index is 2.03. The lowest BCUT2D eigenvalue weighted by atomic mass is 10.0. The maximum Gasteiger partial charge on any atom is 0.228 e. The molecule has 0 radical (unpaired) electrons. The Hall–Kier alpha value is -1.39. The number of hydrogen-bond acceptors (Lipinski definition) is 3. The SMILES string of the molecule is CCCC(C)CC=Nc1cc(Br)c(OCc2ccc(CC)c(Cl)c2)nc1C. The molecule has 1 heterocycles. The zero-order valence-electron chi connectivity index (χ0n) is 16.6. The molecule has 5 heteroatoms. The van der Waals surface area contributed by atoms with E-state index in [1.165, 1.54) is 12.8 Å². The third kappa shape index (κ3) is 6.62. The summed E-state index contributed by atoms with van der Waals surface area (Å²) in [7, 11) is 0. The van der Waals surface area contributed by atoms with E-state index in [1.54, 1.807) is 0 Å². The molecule has 146 valence electrons. The van der Waals surface area contributed by atoms with Gasteiger partial charge in [-0.25, -0.2) is 4.98 Å². The molecule has 0 aliphatic carbocycles. The van der Waals surface area contributed by atoms with Crippen molar-refractivity contribution in [1.29, 1.82) is 0 Å². The molecule has 1 unspecified atom stereocenters. The minimum Gasteiger partial charge on any atom is -0.472 e. The lowest BCUT2D eigenvalue weighted by Gasteiger charge is -2.11. The second kappa shape index (κ2) is 10.8. The topological polar surface area (TPSA) is 34.5 Å². The summed E-state index contributed by atoms with van der Waals surface area (Å²) >= 11 is 9.83. The molecule has 2 rings (SSSR count). The van der Waals surface area contributed by atoms with Crippen LogP contribution < -0.4 is 4.74 Å². The monoisotopic (exact) mass is 450 g/mol. The predicted molar refractivity (Wildman–Crippen MR) is 119 cm³/mol. The maximum atomic E-state index is 6.28. The Bertz CT molecular complexity index is 792. The first-order valence-electron chi connectivity index (χ1n) is 9.54. The zero-order chi connectivity index (χ0) is 19.8. The molecule has 1 atom stereocenters. The van der Waals surface area contributed by atoms with Crippen molar-refractivity contribution in [2.24, 2.45) is 10.9 Å². The minimum atomic E-state index is 0.423. The van der Waals surface area contributed by atoms with Gasteiger partial charge in [-0.05, 0) is 64.9 Å². The van der Waals surface area contributed by atoms with Crippen LogP contribution in [0.3, 0.4) is 0 Å². The van der Waals surface area contributed by atoms with Crippen molar-refractivity contribution in [1.82, 2.24) is 4.98 Å². The van der Waals surface area contributed by atoms with Crippen molar-refractivity contribution >= 4 is 39.4 Å². The van der Waals surface area contributed by atoms with Crippen LogP contribution in [0, 0.1) is 12.8 Å². The van der Waals surface area contributed by atoms with Crippen molar-refractivity contribution in [3.05, 3.63) is 50.6 Å². The van der Waals surface area contributed by atoms with Gasteiger partial charge in [0, 0.05) is 11.2 Å². The van der Waals surface area contributed by atoms with Gasteiger partial charge < -0.3 is 4.74 Å². The summed E-state index contributed by atoms with van der Waals surface area (Å²) in [4.78, 5) is 9.15. The van der Waals surface area contributed by atoms with E-state index in [0.717, 1.165) is 44.8 Å². The molecule has 3 nitrogen and oxygen atoms in total. The molecular formula is C22H28BrClN2O. The van der Waals surface area contributed by atoms with Crippen molar-refractivity contribution in [3.8, 4) is 5.88 Å². The predicted octanol–water partition coefficient (Wildman–Crippen LogP) is 7.48. The molecule has 0 N–H and O–H groups in total. The number of benzene rings is 1. The first kappa shape index (κ1) is 21.9. The van der Waals surface area contributed by atoms with E-state index in [-0.39, 0.29) is 0 Å². The standard InChI is InChI=1S/C22H28BrClN2O/c1-5-7-15(3)10-11-25-21-13-19(23)22(26-16(21)4)27-14-17-8-9-18(6-2)20(24)12-17/h8-9,11-13,15H,5-7,10,14H2,1-4H3. The summed E-state index contributed by atoms with van der Waals surface area (Å²) in [6, 6.07) is 8.01. The third-order valence-electron chi connectivity index (χ3n) is 4.50. The van der Waals surface area contributed by atoms with Crippen LogP contribution in [-0.4, -0.2) is 11.2 Å². The molecule has 2 aromatic rings. The van der Waals surface area contributed by atoms with E-state index >= 15 is 0 Å². The highest BCUT2D eigenvalue weighted by atomic mass is 79.9. The van der Waals surface area contributed by atoms with Crippen LogP contribution in [-0.2, 0) is 13.0 Å². The minimum absolute atomic E-state index is 0.423. The summed E-state index contributed by atoms with van der Waals surface area (Å²) in [6.07, 6.45) is 6.33. The first-order valence-corrected chi connectivity index (χ1v) is 10.7.